The van der Waals surface area contributed by atoms with Gasteiger partial charge in [0.15, 0.2) is 0 Å². The van der Waals surface area contributed by atoms with Crippen LogP contribution in [0.15, 0.2) is 24.3 Å². The molecule has 1 heterocycles. The van der Waals surface area contributed by atoms with Crippen molar-refractivity contribution in [1.82, 2.24) is 10.2 Å². The molecule has 1 aromatic rings. The van der Waals surface area contributed by atoms with Gasteiger partial charge in [-0.3, -0.25) is 4.79 Å². The van der Waals surface area contributed by atoms with E-state index < -0.39 is 0 Å². The zero-order valence-electron chi connectivity index (χ0n) is 14.7. The molecule has 5 heteroatoms. The van der Waals surface area contributed by atoms with Gasteiger partial charge in [0.1, 0.15) is 0 Å². The molecule has 1 aromatic carbocycles. The molecule has 3 amide bonds. The molecule has 1 aliphatic heterocycles. The van der Waals surface area contributed by atoms with Gasteiger partial charge >= 0.3 is 6.03 Å². The lowest BCUT2D eigenvalue weighted by atomic mass is 10.2. The molecular formula is C18H27N3O2. The van der Waals surface area contributed by atoms with Crippen molar-refractivity contribution in [3.8, 4) is 0 Å². The molecule has 0 spiro atoms. The van der Waals surface area contributed by atoms with E-state index in [4.69, 9.17) is 0 Å². The van der Waals surface area contributed by atoms with Gasteiger partial charge < -0.3 is 15.1 Å². The standard InChI is InChI=1S/C18H27N3O2/c1-12(2)21(13(3)4)18(23)19-15-10-17(22)20(11-15)16-8-6-14(5)7-9-16/h6-9,12-13,15H,10-11H2,1-5H3,(H,19,23)/t15-/m0/s1. The molecule has 0 bridgehead atoms. The van der Waals surface area contributed by atoms with Gasteiger partial charge in [-0.05, 0) is 46.8 Å². The first kappa shape index (κ1) is 17.3. The first-order valence-electron chi connectivity index (χ1n) is 8.25. The fraction of sp³-hybridized carbons (Fsp3) is 0.556. The van der Waals surface area contributed by atoms with E-state index in [9.17, 15) is 9.59 Å². The quantitative estimate of drug-likeness (QED) is 0.928. The Balaban J connectivity index is 2.02. The average Bonchev–Trinajstić information content (AvgIpc) is 2.79. The number of benzene rings is 1. The first-order valence-corrected chi connectivity index (χ1v) is 8.25. The summed E-state index contributed by atoms with van der Waals surface area (Å²) in [6.45, 7) is 10.5. The number of anilines is 1. The summed E-state index contributed by atoms with van der Waals surface area (Å²) < 4.78 is 0. The maximum absolute atomic E-state index is 12.5. The molecule has 0 radical (unpaired) electrons. The Kier molecular flexibility index (Phi) is 5.29. The minimum atomic E-state index is -0.142. The summed E-state index contributed by atoms with van der Waals surface area (Å²) in [5, 5.41) is 3.01. The van der Waals surface area contributed by atoms with E-state index in [1.165, 1.54) is 0 Å². The van der Waals surface area contributed by atoms with E-state index in [0.717, 1.165) is 11.3 Å². The van der Waals surface area contributed by atoms with E-state index in [1.807, 2.05) is 58.9 Å². The highest BCUT2D eigenvalue weighted by molar-refractivity contribution is 5.96. The molecule has 0 unspecified atom stereocenters. The van der Waals surface area contributed by atoms with Gasteiger partial charge in [0.2, 0.25) is 5.91 Å². The van der Waals surface area contributed by atoms with E-state index in [0.29, 0.717) is 13.0 Å². The third-order valence-corrected chi connectivity index (χ3v) is 4.15. The minimum Gasteiger partial charge on any atom is -0.333 e. The Morgan fingerprint density at radius 3 is 2.26 bits per heavy atom. The van der Waals surface area contributed by atoms with Crippen LogP contribution in [0.25, 0.3) is 0 Å². The number of nitrogens with zero attached hydrogens (tertiary/aromatic N) is 2. The molecule has 0 aromatic heterocycles. The van der Waals surface area contributed by atoms with Crippen molar-refractivity contribution in [2.75, 3.05) is 11.4 Å². The maximum atomic E-state index is 12.5. The van der Waals surface area contributed by atoms with Crippen LogP contribution in [0.4, 0.5) is 10.5 Å². The molecule has 5 nitrogen and oxygen atoms in total. The summed E-state index contributed by atoms with van der Waals surface area (Å²) in [6.07, 6.45) is 0.351. The molecule has 1 aliphatic rings. The second-order valence-electron chi connectivity index (χ2n) is 6.79. The Morgan fingerprint density at radius 1 is 1.17 bits per heavy atom. The van der Waals surface area contributed by atoms with Crippen LogP contribution < -0.4 is 10.2 Å². The summed E-state index contributed by atoms with van der Waals surface area (Å²) in [4.78, 5) is 28.3. The summed E-state index contributed by atoms with van der Waals surface area (Å²) in [7, 11) is 0. The molecule has 0 aliphatic carbocycles. The number of carbonyl (C=O) groups excluding carboxylic acids is 2. The predicted molar refractivity (Wildman–Crippen MR) is 92.6 cm³/mol. The van der Waals surface area contributed by atoms with E-state index in [2.05, 4.69) is 5.32 Å². The average molecular weight is 317 g/mol. The number of hydrogen-bond acceptors (Lipinski definition) is 2. The highest BCUT2D eigenvalue weighted by Gasteiger charge is 2.33. The highest BCUT2D eigenvalue weighted by atomic mass is 16.2. The molecule has 1 saturated heterocycles. The molecular weight excluding hydrogens is 290 g/mol. The summed E-state index contributed by atoms with van der Waals surface area (Å²) in [6, 6.07) is 7.90. The van der Waals surface area contributed by atoms with Crippen molar-refractivity contribution >= 4 is 17.6 Å². The number of carbonyl (C=O) groups is 2. The smallest absolute Gasteiger partial charge is 0.318 e. The normalized spacial score (nSPS) is 18.0. The second-order valence-corrected chi connectivity index (χ2v) is 6.79. The summed E-state index contributed by atoms with van der Waals surface area (Å²) in [5.74, 6) is 0.0554. The molecule has 23 heavy (non-hydrogen) atoms. The molecule has 1 fully saturated rings. The van der Waals surface area contributed by atoms with Crippen molar-refractivity contribution < 1.29 is 9.59 Å². The maximum Gasteiger partial charge on any atom is 0.318 e. The number of amides is 3. The van der Waals surface area contributed by atoms with Crippen LogP contribution in [0.2, 0.25) is 0 Å². The van der Waals surface area contributed by atoms with Gasteiger partial charge in [0.25, 0.3) is 0 Å². The highest BCUT2D eigenvalue weighted by Crippen LogP contribution is 2.22. The van der Waals surface area contributed by atoms with Crippen molar-refractivity contribution in [3.63, 3.8) is 0 Å². The van der Waals surface area contributed by atoms with E-state index in [1.54, 1.807) is 9.80 Å². The summed E-state index contributed by atoms with van der Waals surface area (Å²) in [5.41, 5.74) is 2.05. The van der Waals surface area contributed by atoms with Gasteiger partial charge in [-0.25, -0.2) is 4.79 Å². The lowest BCUT2D eigenvalue weighted by Gasteiger charge is -2.32. The molecule has 2 rings (SSSR count). The van der Waals surface area contributed by atoms with E-state index in [-0.39, 0.29) is 30.1 Å². The molecule has 126 valence electrons. The van der Waals surface area contributed by atoms with Crippen LogP contribution >= 0.6 is 0 Å². The van der Waals surface area contributed by atoms with Gasteiger partial charge in [-0.2, -0.15) is 0 Å². The van der Waals surface area contributed by atoms with Crippen LogP contribution in [0.1, 0.15) is 39.7 Å². The number of hydrogen-bond donors (Lipinski definition) is 1. The van der Waals surface area contributed by atoms with Crippen LogP contribution in [-0.2, 0) is 4.79 Å². The van der Waals surface area contributed by atoms with Crippen molar-refractivity contribution in [1.29, 1.82) is 0 Å². The predicted octanol–water partition coefficient (Wildman–Crippen LogP) is 2.93. The van der Waals surface area contributed by atoms with Gasteiger partial charge in [-0.15, -0.1) is 0 Å². The number of nitrogens with one attached hydrogen (secondary N) is 1. The number of urea groups is 1. The van der Waals surface area contributed by atoms with Gasteiger partial charge in [0.05, 0.1) is 6.04 Å². The molecule has 1 atom stereocenters. The third-order valence-electron chi connectivity index (χ3n) is 4.15. The van der Waals surface area contributed by atoms with Crippen LogP contribution in [0.3, 0.4) is 0 Å². The SMILES string of the molecule is Cc1ccc(N2C[C@@H](NC(=O)N(C(C)C)C(C)C)CC2=O)cc1. The zero-order valence-corrected chi connectivity index (χ0v) is 14.7. The van der Waals surface area contributed by atoms with E-state index >= 15 is 0 Å². The molecule has 0 saturated carbocycles. The van der Waals surface area contributed by atoms with Gasteiger partial charge in [0, 0.05) is 30.7 Å². The Hall–Kier alpha value is -2.04. The third kappa shape index (κ3) is 4.03. The Labute approximate surface area is 138 Å². The lowest BCUT2D eigenvalue weighted by Crippen LogP contribution is -2.51. The van der Waals surface area contributed by atoms with Crippen LogP contribution in [0.5, 0.6) is 0 Å². The number of rotatable bonds is 4. The Morgan fingerprint density at radius 2 is 1.74 bits per heavy atom. The minimum absolute atomic E-state index is 0.0554. The second kappa shape index (κ2) is 7.02. The molecule has 1 N–H and O–H groups in total. The van der Waals surface area contributed by atoms with Crippen LogP contribution in [-0.4, -0.2) is 41.5 Å². The van der Waals surface area contributed by atoms with Crippen LogP contribution in [0, 0.1) is 6.92 Å². The first-order chi connectivity index (χ1) is 10.8. The zero-order chi connectivity index (χ0) is 17.1. The van der Waals surface area contributed by atoms with Gasteiger partial charge in [-0.1, -0.05) is 17.7 Å². The lowest BCUT2D eigenvalue weighted by molar-refractivity contribution is -0.117. The van der Waals surface area contributed by atoms with Crippen molar-refractivity contribution in [2.24, 2.45) is 0 Å². The fourth-order valence-corrected chi connectivity index (χ4v) is 3.09. The summed E-state index contributed by atoms with van der Waals surface area (Å²) >= 11 is 0. The fourth-order valence-electron chi connectivity index (χ4n) is 3.09. The Bertz CT molecular complexity index is 558. The monoisotopic (exact) mass is 317 g/mol. The van der Waals surface area contributed by atoms with Crippen molar-refractivity contribution in [3.05, 3.63) is 29.8 Å². The largest absolute Gasteiger partial charge is 0.333 e. The topological polar surface area (TPSA) is 52.7 Å². The number of aryl methyl sites for hydroxylation is 1. The van der Waals surface area contributed by atoms with Crippen molar-refractivity contribution in [2.45, 2.75) is 59.2 Å².